The van der Waals surface area contributed by atoms with Gasteiger partial charge in [0.1, 0.15) is 5.75 Å². The lowest BCUT2D eigenvalue weighted by Crippen LogP contribution is -2.27. The van der Waals surface area contributed by atoms with Crippen molar-refractivity contribution in [3.63, 3.8) is 0 Å². The van der Waals surface area contributed by atoms with Crippen LogP contribution in [-0.4, -0.2) is 45.1 Å². The molecule has 7 heteroatoms. The Balaban J connectivity index is 2.64. The third kappa shape index (κ3) is 4.82. The molecule has 1 aromatic carbocycles. The summed E-state index contributed by atoms with van der Waals surface area (Å²) in [4.78, 5) is 11.8. The minimum absolute atomic E-state index is 0.0963. The van der Waals surface area contributed by atoms with Crippen LogP contribution in [0.1, 0.15) is 13.3 Å². The quantitative estimate of drug-likeness (QED) is 0.823. The first-order valence-corrected chi connectivity index (χ1v) is 7.89. The molecule has 1 N–H and O–H groups in total. The highest BCUT2D eigenvalue weighted by atomic mass is 32.2. The lowest BCUT2D eigenvalue weighted by Gasteiger charge is -2.13. The van der Waals surface area contributed by atoms with Gasteiger partial charge in [-0.15, -0.1) is 0 Å². The van der Waals surface area contributed by atoms with Crippen LogP contribution in [0.15, 0.2) is 24.3 Å². The molecule has 6 nitrogen and oxygen atoms in total. The molecular formula is C13H20N2O4S. The fourth-order valence-corrected chi connectivity index (χ4v) is 2.28. The number of sulfonamides is 1. The number of benzene rings is 1. The van der Waals surface area contributed by atoms with Crippen LogP contribution >= 0.6 is 0 Å². The van der Waals surface area contributed by atoms with Gasteiger partial charge in [-0.3, -0.25) is 4.79 Å². The van der Waals surface area contributed by atoms with Gasteiger partial charge < -0.3 is 10.1 Å². The van der Waals surface area contributed by atoms with Gasteiger partial charge in [0.05, 0.1) is 18.0 Å². The van der Waals surface area contributed by atoms with E-state index in [2.05, 4.69) is 5.32 Å². The van der Waals surface area contributed by atoms with Gasteiger partial charge in [0.25, 0.3) is 0 Å². The number of nitrogens with zero attached hydrogens (tertiary/aromatic N) is 1. The predicted octanol–water partition coefficient (Wildman–Crippen LogP) is 1.31. The largest absolute Gasteiger partial charge is 0.492 e. The van der Waals surface area contributed by atoms with E-state index in [1.165, 1.54) is 14.1 Å². The minimum atomic E-state index is -3.36. The van der Waals surface area contributed by atoms with Gasteiger partial charge in [-0.05, 0) is 19.1 Å². The van der Waals surface area contributed by atoms with Crippen LogP contribution in [0.5, 0.6) is 5.75 Å². The van der Waals surface area contributed by atoms with Gasteiger partial charge in [0.15, 0.2) is 0 Å². The highest BCUT2D eigenvalue weighted by Gasteiger charge is 2.16. The molecule has 20 heavy (non-hydrogen) atoms. The number of nitrogens with one attached hydrogen (secondary N) is 1. The standard InChI is InChI=1S/C13H20N2O4S/c1-4-19-12-8-6-5-7-11(12)14-13(16)9-10-20(17,18)15(2)3/h5-8H,4,9-10H2,1-3H3,(H,14,16). The summed E-state index contributed by atoms with van der Waals surface area (Å²) in [5.41, 5.74) is 0.543. The Morgan fingerprint density at radius 2 is 1.95 bits per heavy atom. The Morgan fingerprint density at radius 3 is 2.55 bits per heavy atom. The summed E-state index contributed by atoms with van der Waals surface area (Å²) in [6, 6.07) is 7.03. The first-order valence-electron chi connectivity index (χ1n) is 6.28. The summed E-state index contributed by atoms with van der Waals surface area (Å²) in [6.07, 6.45) is -0.0963. The molecule has 0 radical (unpaired) electrons. The summed E-state index contributed by atoms with van der Waals surface area (Å²) in [6.45, 7) is 2.34. The molecule has 0 aliphatic rings. The predicted molar refractivity (Wildman–Crippen MR) is 78.3 cm³/mol. The SMILES string of the molecule is CCOc1ccccc1NC(=O)CCS(=O)(=O)N(C)C. The topological polar surface area (TPSA) is 75.7 Å². The van der Waals surface area contributed by atoms with Crippen molar-refractivity contribution in [1.82, 2.24) is 4.31 Å². The molecule has 0 spiro atoms. The van der Waals surface area contributed by atoms with Crippen molar-refractivity contribution in [3.05, 3.63) is 24.3 Å². The molecule has 112 valence electrons. The van der Waals surface area contributed by atoms with E-state index in [0.29, 0.717) is 18.0 Å². The summed E-state index contributed by atoms with van der Waals surface area (Å²) in [7, 11) is -0.480. The Kier molecular flexibility index (Phi) is 5.97. The molecule has 1 rings (SSSR count). The fourth-order valence-electron chi connectivity index (χ4n) is 1.47. The molecule has 0 heterocycles. The maximum Gasteiger partial charge on any atom is 0.225 e. The number of hydrogen-bond donors (Lipinski definition) is 1. The van der Waals surface area contributed by atoms with Crippen molar-refractivity contribution in [2.45, 2.75) is 13.3 Å². The average Bonchev–Trinajstić information content (AvgIpc) is 2.39. The van der Waals surface area contributed by atoms with E-state index in [-0.39, 0.29) is 18.1 Å². The van der Waals surface area contributed by atoms with Crippen molar-refractivity contribution in [1.29, 1.82) is 0 Å². The highest BCUT2D eigenvalue weighted by Crippen LogP contribution is 2.23. The van der Waals surface area contributed by atoms with Gasteiger partial charge in [-0.25, -0.2) is 12.7 Å². The molecule has 1 amide bonds. The maximum atomic E-state index is 11.8. The second-order valence-electron chi connectivity index (χ2n) is 4.33. The summed E-state index contributed by atoms with van der Waals surface area (Å²) >= 11 is 0. The zero-order valence-electron chi connectivity index (χ0n) is 11.9. The third-order valence-electron chi connectivity index (χ3n) is 2.60. The van der Waals surface area contributed by atoms with Crippen molar-refractivity contribution in [2.24, 2.45) is 0 Å². The molecule has 1 aromatic rings. The Morgan fingerprint density at radius 1 is 1.30 bits per heavy atom. The molecule has 0 saturated carbocycles. The number of carbonyl (C=O) groups excluding carboxylic acids is 1. The molecule has 0 atom stereocenters. The zero-order valence-corrected chi connectivity index (χ0v) is 12.7. The molecular weight excluding hydrogens is 280 g/mol. The number of carbonyl (C=O) groups is 1. The van der Waals surface area contributed by atoms with Crippen LogP contribution in [0.3, 0.4) is 0 Å². The minimum Gasteiger partial charge on any atom is -0.492 e. The van der Waals surface area contributed by atoms with Gasteiger partial charge in [-0.2, -0.15) is 0 Å². The van der Waals surface area contributed by atoms with Crippen LogP contribution in [0.2, 0.25) is 0 Å². The summed E-state index contributed by atoms with van der Waals surface area (Å²) in [5.74, 6) is -0.00998. The lowest BCUT2D eigenvalue weighted by atomic mass is 10.3. The van der Waals surface area contributed by atoms with Crippen LogP contribution in [0.4, 0.5) is 5.69 Å². The van der Waals surface area contributed by atoms with E-state index in [4.69, 9.17) is 4.74 Å². The van der Waals surface area contributed by atoms with Crippen molar-refractivity contribution in [2.75, 3.05) is 31.8 Å². The number of rotatable bonds is 7. The van der Waals surface area contributed by atoms with E-state index in [0.717, 1.165) is 4.31 Å². The van der Waals surface area contributed by atoms with E-state index in [1.54, 1.807) is 24.3 Å². The van der Waals surface area contributed by atoms with Crippen LogP contribution in [-0.2, 0) is 14.8 Å². The van der Waals surface area contributed by atoms with E-state index in [1.807, 2.05) is 6.92 Å². The van der Waals surface area contributed by atoms with Crippen molar-refractivity contribution < 1.29 is 17.9 Å². The first kappa shape index (κ1) is 16.5. The van der Waals surface area contributed by atoms with E-state index < -0.39 is 10.0 Å². The fraction of sp³-hybridized carbons (Fsp3) is 0.462. The van der Waals surface area contributed by atoms with Crippen molar-refractivity contribution in [3.8, 4) is 5.75 Å². The lowest BCUT2D eigenvalue weighted by molar-refractivity contribution is -0.115. The number of para-hydroxylation sites is 2. The zero-order chi connectivity index (χ0) is 15.2. The molecule has 0 aliphatic carbocycles. The monoisotopic (exact) mass is 300 g/mol. The average molecular weight is 300 g/mol. The van der Waals surface area contributed by atoms with Crippen LogP contribution < -0.4 is 10.1 Å². The van der Waals surface area contributed by atoms with Gasteiger partial charge >= 0.3 is 0 Å². The molecule has 0 saturated heterocycles. The number of ether oxygens (including phenoxy) is 1. The second-order valence-corrected chi connectivity index (χ2v) is 6.63. The van der Waals surface area contributed by atoms with E-state index in [9.17, 15) is 13.2 Å². The molecule has 0 aliphatic heterocycles. The first-order chi connectivity index (χ1) is 9.36. The number of anilines is 1. The smallest absolute Gasteiger partial charge is 0.225 e. The number of hydrogen-bond acceptors (Lipinski definition) is 4. The molecule has 0 fully saturated rings. The van der Waals surface area contributed by atoms with E-state index >= 15 is 0 Å². The highest BCUT2D eigenvalue weighted by molar-refractivity contribution is 7.89. The Hall–Kier alpha value is -1.60. The number of amides is 1. The maximum absolute atomic E-state index is 11.8. The molecule has 0 aromatic heterocycles. The second kappa shape index (κ2) is 7.25. The summed E-state index contributed by atoms with van der Waals surface area (Å²) in [5, 5.41) is 2.66. The molecule has 0 unspecified atom stereocenters. The third-order valence-corrected chi connectivity index (χ3v) is 4.44. The van der Waals surface area contributed by atoms with Crippen LogP contribution in [0.25, 0.3) is 0 Å². The Labute approximate surface area is 119 Å². The van der Waals surface area contributed by atoms with Gasteiger partial charge in [-0.1, -0.05) is 12.1 Å². The van der Waals surface area contributed by atoms with Crippen molar-refractivity contribution >= 4 is 21.6 Å². The van der Waals surface area contributed by atoms with Gasteiger partial charge in [0.2, 0.25) is 15.9 Å². The van der Waals surface area contributed by atoms with Crippen LogP contribution in [0, 0.1) is 0 Å². The Bertz CT molecular complexity index is 555. The van der Waals surface area contributed by atoms with Gasteiger partial charge in [0, 0.05) is 20.5 Å². The molecule has 0 bridgehead atoms. The normalized spacial score (nSPS) is 11.4. The summed E-state index contributed by atoms with van der Waals surface area (Å²) < 4.78 is 29.6.